The van der Waals surface area contributed by atoms with E-state index in [0.717, 1.165) is 0 Å². The number of carbonyl (C=O) groups is 1. The van der Waals surface area contributed by atoms with Crippen LogP contribution < -0.4 is 16.6 Å². The number of fused-ring (bicyclic) bond motifs is 1. The summed E-state index contributed by atoms with van der Waals surface area (Å²) >= 11 is 0. The lowest BCUT2D eigenvalue weighted by molar-refractivity contribution is 0.0105. The lowest BCUT2D eigenvalue weighted by atomic mass is 10.1. The topological polar surface area (TPSA) is 114 Å². The molecule has 1 fully saturated rings. The van der Waals surface area contributed by atoms with Crippen LogP contribution in [0.15, 0.2) is 9.59 Å². The van der Waals surface area contributed by atoms with Crippen LogP contribution in [0.4, 0.5) is 4.79 Å². The molecule has 0 bridgehead atoms. The molecule has 0 aliphatic carbocycles. The molecule has 1 aliphatic rings. The van der Waals surface area contributed by atoms with Crippen molar-refractivity contribution in [3.05, 3.63) is 26.7 Å². The fraction of sp³-hybridized carbons (Fsp3) is 0.579. The molecule has 2 N–H and O–H groups in total. The zero-order valence-electron chi connectivity index (χ0n) is 17.3. The second-order valence-corrected chi connectivity index (χ2v) is 7.87. The molecule has 29 heavy (non-hydrogen) atoms. The van der Waals surface area contributed by atoms with Crippen molar-refractivity contribution in [2.45, 2.75) is 45.9 Å². The Morgan fingerprint density at radius 3 is 2.72 bits per heavy atom. The van der Waals surface area contributed by atoms with Crippen molar-refractivity contribution in [3.8, 4) is 11.8 Å². The summed E-state index contributed by atoms with van der Waals surface area (Å²) < 4.78 is 8.51. The summed E-state index contributed by atoms with van der Waals surface area (Å²) in [6, 6.07) is -0.473. The van der Waals surface area contributed by atoms with Gasteiger partial charge in [-0.3, -0.25) is 19.2 Å². The molecule has 1 unspecified atom stereocenters. The van der Waals surface area contributed by atoms with E-state index in [-0.39, 0.29) is 17.7 Å². The Balaban J connectivity index is 2.17. The molecule has 1 atom stereocenters. The predicted octanol–water partition coefficient (Wildman–Crippen LogP) is 0.328. The number of H-pyrrole nitrogens is 1. The number of nitrogens with zero attached hydrogens (tertiary/aromatic N) is 4. The minimum absolute atomic E-state index is 0.211. The molecule has 3 rings (SSSR count). The maximum absolute atomic E-state index is 12.8. The number of aromatic amines is 1. The van der Waals surface area contributed by atoms with Crippen molar-refractivity contribution in [3.63, 3.8) is 0 Å². The first kappa shape index (κ1) is 20.7. The molecular formula is C19H26N6O4. The first-order valence-corrected chi connectivity index (χ1v) is 9.43. The summed E-state index contributed by atoms with van der Waals surface area (Å²) in [5.74, 6) is 6.23. The van der Waals surface area contributed by atoms with E-state index in [2.05, 4.69) is 27.1 Å². The fourth-order valence-electron chi connectivity index (χ4n) is 3.30. The van der Waals surface area contributed by atoms with E-state index in [0.29, 0.717) is 25.5 Å². The van der Waals surface area contributed by atoms with Crippen molar-refractivity contribution < 1.29 is 9.53 Å². The average molecular weight is 402 g/mol. The summed E-state index contributed by atoms with van der Waals surface area (Å²) in [7, 11) is 1.54. The molecule has 10 nitrogen and oxygen atoms in total. The van der Waals surface area contributed by atoms with Crippen LogP contribution >= 0.6 is 0 Å². The number of ether oxygens (including phenoxy) is 1. The number of hydrogen-bond donors (Lipinski definition) is 2. The maximum atomic E-state index is 12.8. The monoisotopic (exact) mass is 402 g/mol. The number of aryl methyl sites for hydroxylation is 1. The van der Waals surface area contributed by atoms with Gasteiger partial charge in [0.1, 0.15) is 17.5 Å². The van der Waals surface area contributed by atoms with E-state index in [1.807, 2.05) is 20.8 Å². The summed E-state index contributed by atoms with van der Waals surface area (Å²) in [4.78, 5) is 45.9. The van der Waals surface area contributed by atoms with Crippen LogP contribution in [0.5, 0.6) is 0 Å². The number of hydrogen-bond acceptors (Lipinski definition) is 6. The largest absolute Gasteiger partial charge is 0.444 e. The third-order valence-electron chi connectivity index (χ3n) is 4.62. The molecule has 1 saturated heterocycles. The number of nitrogens with one attached hydrogen (secondary N) is 2. The van der Waals surface area contributed by atoms with E-state index < -0.39 is 29.0 Å². The average Bonchev–Trinajstić information content (AvgIpc) is 3.03. The molecule has 0 radical (unpaired) electrons. The third-order valence-corrected chi connectivity index (χ3v) is 4.62. The predicted molar refractivity (Wildman–Crippen MR) is 108 cm³/mol. The second kappa shape index (κ2) is 7.75. The van der Waals surface area contributed by atoms with Crippen molar-refractivity contribution >= 4 is 17.3 Å². The van der Waals surface area contributed by atoms with Gasteiger partial charge in [-0.1, -0.05) is 5.92 Å². The number of aromatic nitrogens is 4. The van der Waals surface area contributed by atoms with Gasteiger partial charge in [-0.25, -0.2) is 14.6 Å². The zero-order chi connectivity index (χ0) is 21.3. The molecule has 1 amide bonds. The van der Waals surface area contributed by atoms with Gasteiger partial charge >= 0.3 is 11.8 Å². The quantitative estimate of drug-likeness (QED) is 0.700. The van der Waals surface area contributed by atoms with Gasteiger partial charge in [0.05, 0.1) is 6.54 Å². The molecule has 1 aliphatic heterocycles. The van der Waals surface area contributed by atoms with Gasteiger partial charge in [0.2, 0.25) is 0 Å². The lowest BCUT2D eigenvalue weighted by Crippen LogP contribution is -2.50. The van der Waals surface area contributed by atoms with Crippen molar-refractivity contribution in [2.75, 3.05) is 19.6 Å². The van der Waals surface area contributed by atoms with Crippen LogP contribution in [0.1, 0.15) is 39.6 Å². The van der Waals surface area contributed by atoms with E-state index in [1.165, 1.54) is 11.6 Å². The fourth-order valence-corrected chi connectivity index (χ4v) is 3.30. The maximum Gasteiger partial charge on any atom is 0.411 e. The van der Waals surface area contributed by atoms with Gasteiger partial charge in [0.15, 0.2) is 11.2 Å². The van der Waals surface area contributed by atoms with Crippen LogP contribution in [-0.2, 0) is 18.3 Å². The number of piperazine rings is 1. The summed E-state index contributed by atoms with van der Waals surface area (Å²) in [6.45, 7) is 8.82. The van der Waals surface area contributed by atoms with E-state index in [9.17, 15) is 14.4 Å². The Morgan fingerprint density at radius 1 is 1.34 bits per heavy atom. The molecule has 156 valence electrons. The molecule has 0 spiro atoms. The van der Waals surface area contributed by atoms with E-state index in [4.69, 9.17) is 4.74 Å². The van der Waals surface area contributed by atoms with Gasteiger partial charge < -0.3 is 14.6 Å². The lowest BCUT2D eigenvalue weighted by Gasteiger charge is -2.36. The Hall–Kier alpha value is -3.06. The van der Waals surface area contributed by atoms with Crippen molar-refractivity contribution in [2.24, 2.45) is 7.05 Å². The number of imidazole rings is 1. The molecule has 3 heterocycles. The van der Waals surface area contributed by atoms with E-state index >= 15 is 0 Å². The van der Waals surface area contributed by atoms with Crippen molar-refractivity contribution in [1.82, 2.24) is 29.3 Å². The molecule has 2 aromatic heterocycles. The van der Waals surface area contributed by atoms with Gasteiger partial charge in [-0.15, -0.1) is 5.92 Å². The Bertz CT molecular complexity index is 1110. The van der Waals surface area contributed by atoms with Crippen LogP contribution in [0.2, 0.25) is 0 Å². The summed E-state index contributed by atoms with van der Waals surface area (Å²) in [5, 5.41) is 3.26. The smallest absolute Gasteiger partial charge is 0.411 e. The highest BCUT2D eigenvalue weighted by Crippen LogP contribution is 2.26. The second-order valence-electron chi connectivity index (χ2n) is 7.87. The Labute approximate surface area is 167 Å². The highest BCUT2D eigenvalue weighted by molar-refractivity contribution is 5.72. The number of carbonyl (C=O) groups excluding carboxylic acids is 1. The van der Waals surface area contributed by atoms with Crippen LogP contribution in [0.3, 0.4) is 0 Å². The van der Waals surface area contributed by atoms with Crippen LogP contribution in [-0.4, -0.2) is 55.3 Å². The van der Waals surface area contributed by atoms with Crippen LogP contribution in [0.25, 0.3) is 11.2 Å². The highest BCUT2D eigenvalue weighted by Gasteiger charge is 2.35. The Morgan fingerprint density at radius 2 is 2.07 bits per heavy atom. The van der Waals surface area contributed by atoms with Gasteiger partial charge in [-0.2, -0.15) is 0 Å². The molecule has 2 aromatic rings. The molecule has 0 aromatic carbocycles. The normalized spacial score (nSPS) is 17.1. The highest BCUT2D eigenvalue weighted by atomic mass is 16.6. The third kappa shape index (κ3) is 4.05. The number of amides is 1. The molecule has 0 saturated carbocycles. The first-order chi connectivity index (χ1) is 13.6. The SMILES string of the molecule is CC#CCn1c(C2CNCCN2C(=O)OC(C)(C)C)nc2c1c(=O)[nH]c(=O)n2C. The van der Waals surface area contributed by atoms with Crippen molar-refractivity contribution in [1.29, 1.82) is 0 Å². The van der Waals surface area contributed by atoms with Gasteiger partial charge in [-0.05, 0) is 27.7 Å². The van der Waals surface area contributed by atoms with Gasteiger partial charge in [0, 0.05) is 26.7 Å². The molecule has 10 heteroatoms. The number of rotatable bonds is 2. The standard InChI is InChI=1S/C19H26N6O4/c1-6-7-9-25-13-15(23(5)17(27)22-16(13)26)21-14(25)12-11-20-8-10-24(12)18(28)29-19(2,3)4/h12,20H,8-11H2,1-5H3,(H,22,26,27). The minimum Gasteiger partial charge on any atom is -0.444 e. The van der Waals surface area contributed by atoms with E-state index in [1.54, 1.807) is 16.4 Å². The minimum atomic E-state index is -0.638. The van der Waals surface area contributed by atoms with Crippen LogP contribution in [0, 0.1) is 11.8 Å². The molecular weight excluding hydrogens is 376 g/mol. The summed E-state index contributed by atoms with van der Waals surface area (Å²) in [5.41, 5.74) is -1.22. The first-order valence-electron chi connectivity index (χ1n) is 9.43. The van der Waals surface area contributed by atoms with Gasteiger partial charge in [0.25, 0.3) is 5.56 Å². The summed E-state index contributed by atoms with van der Waals surface area (Å²) in [6.07, 6.45) is -0.452. The Kier molecular flexibility index (Phi) is 5.53. The zero-order valence-corrected chi connectivity index (χ0v) is 17.3.